The van der Waals surface area contributed by atoms with Crippen LogP contribution in [-0.4, -0.2) is 9.97 Å². The molecule has 0 amide bonds. The van der Waals surface area contributed by atoms with E-state index in [1.54, 1.807) is 0 Å². The Hall–Kier alpha value is -5.08. The summed E-state index contributed by atoms with van der Waals surface area (Å²) in [5.74, 6) is 0. The van der Waals surface area contributed by atoms with Crippen molar-refractivity contribution in [3.05, 3.63) is 144 Å². The summed E-state index contributed by atoms with van der Waals surface area (Å²) in [6.07, 6.45) is 0. The molecular formula is C42H32N2. The fraction of sp³-hybridized carbons (Fsp3) is 0.143. The molecule has 6 aromatic carbocycles. The highest BCUT2D eigenvalue weighted by Gasteiger charge is 2.44. The second kappa shape index (κ2) is 8.74. The molecule has 2 heteroatoms. The summed E-state index contributed by atoms with van der Waals surface area (Å²) in [4.78, 5) is 10.7. The van der Waals surface area contributed by atoms with Gasteiger partial charge in [0.25, 0.3) is 0 Å². The molecule has 1 aromatic heterocycles. The predicted molar refractivity (Wildman–Crippen MR) is 183 cm³/mol. The van der Waals surface area contributed by atoms with Crippen LogP contribution in [0.3, 0.4) is 0 Å². The Labute approximate surface area is 258 Å². The van der Waals surface area contributed by atoms with Crippen LogP contribution in [-0.2, 0) is 10.8 Å². The van der Waals surface area contributed by atoms with E-state index < -0.39 is 0 Å². The zero-order valence-corrected chi connectivity index (χ0v) is 25.4. The molecule has 0 atom stereocenters. The van der Waals surface area contributed by atoms with Crippen molar-refractivity contribution in [3.63, 3.8) is 0 Å². The molecule has 2 nitrogen and oxygen atoms in total. The summed E-state index contributed by atoms with van der Waals surface area (Å²) < 4.78 is 0. The molecular weight excluding hydrogens is 532 g/mol. The van der Waals surface area contributed by atoms with Gasteiger partial charge in [0.2, 0.25) is 0 Å². The fourth-order valence-electron chi connectivity index (χ4n) is 7.69. The van der Waals surface area contributed by atoms with Gasteiger partial charge in [0.15, 0.2) is 0 Å². The van der Waals surface area contributed by atoms with Gasteiger partial charge in [-0.1, -0.05) is 131 Å². The number of benzene rings is 6. The van der Waals surface area contributed by atoms with Crippen molar-refractivity contribution in [2.24, 2.45) is 0 Å². The smallest absolute Gasteiger partial charge is 0.0933 e. The van der Waals surface area contributed by atoms with Gasteiger partial charge < -0.3 is 0 Å². The van der Waals surface area contributed by atoms with Crippen LogP contribution in [0.4, 0.5) is 0 Å². The van der Waals surface area contributed by atoms with Crippen molar-refractivity contribution in [2.45, 2.75) is 38.5 Å². The predicted octanol–water partition coefficient (Wildman–Crippen LogP) is 10.7. The largest absolute Gasteiger partial charge is 0.248 e. The first-order valence-corrected chi connectivity index (χ1v) is 15.5. The molecule has 0 radical (unpaired) electrons. The van der Waals surface area contributed by atoms with E-state index in [-0.39, 0.29) is 10.8 Å². The van der Waals surface area contributed by atoms with E-state index >= 15 is 0 Å². The van der Waals surface area contributed by atoms with Crippen molar-refractivity contribution in [1.82, 2.24) is 9.97 Å². The number of hydrogen-bond acceptors (Lipinski definition) is 2. The molecule has 2 aliphatic carbocycles. The molecule has 0 N–H and O–H groups in total. The minimum atomic E-state index is -0.241. The van der Waals surface area contributed by atoms with Crippen LogP contribution in [0, 0.1) is 0 Å². The molecule has 0 saturated carbocycles. The van der Waals surface area contributed by atoms with Crippen molar-refractivity contribution in [1.29, 1.82) is 0 Å². The standard InChI is InChI=1S/C42H32N2/c1-41(2)35-15-8-7-13-33(35)37-39(41)44-38-34-21-20-29(24-36(34)42(3,4)40(38)43-37)27-16-17-28-23-30(19-18-26(28)22-27)32-14-9-11-25-10-5-6-12-31(25)32/h5-24H,1-4H3. The second-order valence-electron chi connectivity index (χ2n) is 13.5. The minimum Gasteiger partial charge on any atom is -0.248 e. The second-order valence-corrected chi connectivity index (χ2v) is 13.5. The zero-order chi connectivity index (χ0) is 29.8. The Morgan fingerprint density at radius 1 is 0.409 bits per heavy atom. The van der Waals surface area contributed by atoms with Crippen LogP contribution in [0.25, 0.3) is 66.3 Å². The van der Waals surface area contributed by atoms with Crippen molar-refractivity contribution in [3.8, 4) is 44.8 Å². The molecule has 0 unspecified atom stereocenters. The van der Waals surface area contributed by atoms with E-state index in [0.717, 1.165) is 22.8 Å². The first-order chi connectivity index (χ1) is 21.3. The average Bonchev–Trinajstić information content (AvgIpc) is 3.42. The molecule has 9 rings (SSSR count). The maximum Gasteiger partial charge on any atom is 0.0933 e. The molecule has 0 fully saturated rings. The lowest BCUT2D eigenvalue weighted by Crippen LogP contribution is -2.20. The zero-order valence-electron chi connectivity index (χ0n) is 25.4. The third kappa shape index (κ3) is 3.43. The number of hydrogen-bond donors (Lipinski definition) is 0. The maximum atomic E-state index is 5.37. The lowest BCUT2D eigenvalue weighted by atomic mass is 9.83. The van der Waals surface area contributed by atoms with Crippen LogP contribution >= 0.6 is 0 Å². The Morgan fingerprint density at radius 3 is 1.75 bits per heavy atom. The molecule has 0 saturated heterocycles. The monoisotopic (exact) mass is 564 g/mol. The van der Waals surface area contributed by atoms with Gasteiger partial charge in [0, 0.05) is 22.0 Å². The van der Waals surface area contributed by atoms with E-state index in [9.17, 15) is 0 Å². The van der Waals surface area contributed by atoms with Crippen LogP contribution in [0.1, 0.15) is 50.2 Å². The van der Waals surface area contributed by atoms with E-state index in [1.165, 1.54) is 66.1 Å². The first kappa shape index (κ1) is 25.4. The number of nitrogens with zero attached hydrogens (tertiary/aromatic N) is 2. The van der Waals surface area contributed by atoms with Crippen LogP contribution in [0.15, 0.2) is 121 Å². The van der Waals surface area contributed by atoms with E-state index in [1.807, 2.05) is 0 Å². The Morgan fingerprint density at radius 2 is 0.955 bits per heavy atom. The van der Waals surface area contributed by atoms with Gasteiger partial charge in [-0.3, -0.25) is 0 Å². The molecule has 2 aliphatic rings. The molecule has 44 heavy (non-hydrogen) atoms. The Bertz CT molecular complexity index is 2330. The van der Waals surface area contributed by atoms with Gasteiger partial charge in [0.05, 0.1) is 22.8 Å². The van der Waals surface area contributed by atoms with Crippen LogP contribution in [0.2, 0.25) is 0 Å². The molecule has 0 aliphatic heterocycles. The van der Waals surface area contributed by atoms with Crippen molar-refractivity contribution >= 4 is 21.5 Å². The van der Waals surface area contributed by atoms with Crippen LogP contribution in [0.5, 0.6) is 0 Å². The SMILES string of the molecule is CC1(C)c2ccccc2-c2nc3c(nc21)-c1ccc(-c2ccc4cc(-c5cccc6ccccc56)ccc4c2)cc1C3(C)C. The van der Waals surface area contributed by atoms with Gasteiger partial charge >= 0.3 is 0 Å². The highest BCUT2D eigenvalue weighted by molar-refractivity contribution is 5.99. The molecule has 0 spiro atoms. The van der Waals surface area contributed by atoms with Crippen molar-refractivity contribution in [2.75, 3.05) is 0 Å². The summed E-state index contributed by atoms with van der Waals surface area (Å²) in [7, 11) is 0. The summed E-state index contributed by atoms with van der Waals surface area (Å²) in [6.45, 7) is 9.13. The number of fused-ring (bicyclic) bond motifs is 8. The van der Waals surface area contributed by atoms with E-state index in [4.69, 9.17) is 9.97 Å². The Kier molecular flexibility index (Phi) is 5.05. The van der Waals surface area contributed by atoms with E-state index in [0.29, 0.717) is 0 Å². The Balaban J connectivity index is 1.12. The fourth-order valence-corrected chi connectivity index (χ4v) is 7.69. The lowest BCUT2D eigenvalue weighted by Gasteiger charge is -2.22. The summed E-state index contributed by atoms with van der Waals surface area (Å²) in [5.41, 5.74) is 13.8. The summed E-state index contributed by atoms with van der Waals surface area (Å²) >= 11 is 0. The molecule has 0 bridgehead atoms. The van der Waals surface area contributed by atoms with Gasteiger partial charge in [-0.25, -0.2) is 9.97 Å². The normalized spacial score (nSPS) is 15.2. The topological polar surface area (TPSA) is 25.8 Å². The lowest BCUT2D eigenvalue weighted by molar-refractivity contribution is 0.617. The van der Waals surface area contributed by atoms with Gasteiger partial charge in [-0.2, -0.15) is 0 Å². The van der Waals surface area contributed by atoms with Gasteiger partial charge in [-0.05, 0) is 73.1 Å². The first-order valence-electron chi connectivity index (χ1n) is 15.5. The number of rotatable bonds is 2. The third-order valence-electron chi connectivity index (χ3n) is 10.2. The molecule has 210 valence electrons. The summed E-state index contributed by atoms with van der Waals surface area (Å²) in [6, 6.07) is 44.4. The number of aromatic nitrogens is 2. The summed E-state index contributed by atoms with van der Waals surface area (Å²) in [5, 5.41) is 5.05. The van der Waals surface area contributed by atoms with Crippen LogP contribution < -0.4 is 0 Å². The quantitative estimate of drug-likeness (QED) is 0.209. The highest BCUT2D eigenvalue weighted by Crippen LogP contribution is 2.53. The van der Waals surface area contributed by atoms with Gasteiger partial charge in [0.1, 0.15) is 0 Å². The molecule has 1 heterocycles. The highest BCUT2D eigenvalue weighted by atomic mass is 14.9. The van der Waals surface area contributed by atoms with Gasteiger partial charge in [-0.15, -0.1) is 0 Å². The average molecular weight is 565 g/mol. The van der Waals surface area contributed by atoms with Crippen molar-refractivity contribution < 1.29 is 0 Å². The van der Waals surface area contributed by atoms with E-state index in [2.05, 4.69) is 149 Å². The third-order valence-corrected chi connectivity index (χ3v) is 10.2. The molecule has 7 aromatic rings. The minimum absolute atomic E-state index is 0.167. The maximum absolute atomic E-state index is 5.37.